The van der Waals surface area contributed by atoms with Gasteiger partial charge in [0.05, 0.1) is 5.39 Å². The second kappa shape index (κ2) is 4.02. The van der Waals surface area contributed by atoms with E-state index in [-0.39, 0.29) is 5.56 Å². The summed E-state index contributed by atoms with van der Waals surface area (Å²) in [5, 5.41) is 5.11. The molecule has 0 amide bonds. The van der Waals surface area contributed by atoms with Gasteiger partial charge in [-0.25, -0.2) is 4.98 Å². The van der Waals surface area contributed by atoms with Crippen molar-refractivity contribution in [1.82, 2.24) is 14.6 Å². The normalized spacial score (nSPS) is 15.0. The Morgan fingerprint density at radius 2 is 2.11 bits per heavy atom. The van der Waals surface area contributed by atoms with Gasteiger partial charge in [0.25, 0.3) is 5.56 Å². The minimum atomic E-state index is -0.0955. The lowest BCUT2D eigenvalue weighted by atomic mass is 9.97. The van der Waals surface area contributed by atoms with Gasteiger partial charge in [-0.15, -0.1) is 11.3 Å². The van der Waals surface area contributed by atoms with E-state index in [0.717, 1.165) is 29.5 Å². The molecule has 0 bridgehead atoms. The van der Waals surface area contributed by atoms with Gasteiger partial charge in [-0.1, -0.05) is 11.6 Å². The third-order valence-electron chi connectivity index (χ3n) is 3.56. The maximum absolute atomic E-state index is 12.6. The quantitative estimate of drug-likeness (QED) is 0.640. The van der Waals surface area contributed by atoms with Crippen LogP contribution in [-0.2, 0) is 12.8 Å². The lowest BCUT2D eigenvalue weighted by Gasteiger charge is -2.09. The van der Waals surface area contributed by atoms with Crippen LogP contribution >= 0.6 is 22.9 Å². The van der Waals surface area contributed by atoms with Crippen molar-refractivity contribution >= 4 is 38.8 Å². The van der Waals surface area contributed by atoms with Crippen LogP contribution < -0.4 is 5.56 Å². The van der Waals surface area contributed by atoms with E-state index in [1.165, 1.54) is 21.4 Å². The summed E-state index contributed by atoms with van der Waals surface area (Å²) in [5.74, 6) is 0. The third-order valence-corrected chi connectivity index (χ3v) is 4.94. The SMILES string of the molecule is O=c1c2c3c(sc2nc2ccc(Cl)nn12)CCCC3. The maximum atomic E-state index is 12.6. The first-order valence-corrected chi connectivity index (χ1v) is 7.43. The summed E-state index contributed by atoms with van der Waals surface area (Å²) in [6.07, 6.45) is 4.37. The van der Waals surface area contributed by atoms with Crippen molar-refractivity contribution in [3.63, 3.8) is 0 Å². The van der Waals surface area contributed by atoms with E-state index in [1.807, 2.05) is 0 Å². The highest BCUT2D eigenvalue weighted by Crippen LogP contribution is 2.33. The zero-order valence-corrected chi connectivity index (χ0v) is 11.6. The minimum absolute atomic E-state index is 0.0955. The molecule has 0 fully saturated rings. The summed E-state index contributed by atoms with van der Waals surface area (Å²) < 4.78 is 1.31. The second-order valence-electron chi connectivity index (χ2n) is 4.73. The molecule has 4 nitrogen and oxygen atoms in total. The van der Waals surface area contributed by atoms with Gasteiger partial charge in [0.2, 0.25) is 0 Å². The Morgan fingerprint density at radius 1 is 1.26 bits per heavy atom. The molecule has 4 rings (SSSR count). The molecule has 1 aliphatic rings. The Hall–Kier alpha value is -1.46. The van der Waals surface area contributed by atoms with Gasteiger partial charge in [-0.05, 0) is 43.4 Å². The molecule has 0 N–H and O–H groups in total. The Morgan fingerprint density at radius 3 is 3.00 bits per heavy atom. The largest absolute Gasteiger partial charge is 0.283 e. The third kappa shape index (κ3) is 1.61. The number of aromatic nitrogens is 3. The summed E-state index contributed by atoms with van der Waals surface area (Å²) in [6, 6.07) is 3.39. The summed E-state index contributed by atoms with van der Waals surface area (Å²) >= 11 is 7.51. The summed E-state index contributed by atoms with van der Waals surface area (Å²) in [6.45, 7) is 0. The molecule has 3 aromatic rings. The number of aryl methyl sites for hydroxylation is 2. The first-order valence-electron chi connectivity index (χ1n) is 6.24. The van der Waals surface area contributed by atoms with E-state index in [9.17, 15) is 4.79 Å². The number of nitrogens with zero attached hydrogens (tertiary/aromatic N) is 3. The van der Waals surface area contributed by atoms with Crippen LogP contribution in [0.3, 0.4) is 0 Å². The molecular formula is C13H10ClN3OS. The number of hydrogen-bond acceptors (Lipinski definition) is 4. The predicted molar refractivity (Wildman–Crippen MR) is 76.3 cm³/mol. The minimum Gasteiger partial charge on any atom is -0.267 e. The predicted octanol–water partition coefficient (Wildman–Crippen LogP) is 2.84. The van der Waals surface area contributed by atoms with Crippen LogP contribution in [-0.4, -0.2) is 14.6 Å². The van der Waals surface area contributed by atoms with Crippen molar-refractivity contribution in [3.8, 4) is 0 Å². The fraction of sp³-hybridized carbons (Fsp3) is 0.308. The van der Waals surface area contributed by atoms with Crippen LogP contribution in [0.2, 0.25) is 5.15 Å². The highest BCUT2D eigenvalue weighted by atomic mass is 35.5. The van der Waals surface area contributed by atoms with E-state index in [0.29, 0.717) is 10.8 Å². The number of fused-ring (bicyclic) bond motifs is 4. The second-order valence-corrected chi connectivity index (χ2v) is 6.20. The average molecular weight is 292 g/mol. The maximum Gasteiger partial charge on any atom is 0.283 e. The van der Waals surface area contributed by atoms with Gasteiger partial charge in [0, 0.05) is 4.88 Å². The lowest BCUT2D eigenvalue weighted by Crippen LogP contribution is -2.18. The van der Waals surface area contributed by atoms with Crippen molar-refractivity contribution in [2.24, 2.45) is 0 Å². The molecule has 1 aliphatic carbocycles. The average Bonchev–Trinajstić information content (AvgIpc) is 2.78. The summed E-state index contributed by atoms with van der Waals surface area (Å²) in [7, 11) is 0. The molecule has 0 spiro atoms. The lowest BCUT2D eigenvalue weighted by molar-refractivity contribution is 0.699. The number of hydrogen-bond donors (Lipinski definition) is 0. The molecule has 6 heteroatoms. The van der Waals surface area contributed by atoms with Crippen LogP contribution in [0.4, 0.5) is 0 Å². The topological polar surface area (TPSA) is 47.3 Å². The standard InChI is InChI=1S/C13H10ClN3OS/c14-9-5-6-10-15-12-11(13(18)17(10)16-9)7-3-1-2-4-8(7)19-12/h5-6H,1-4H2. The Kier molecular flexibility index (Phi) is 2.40. The molecule has 3 aromatic heterocycles. The van der Waals surface area contributed by atoms with Gasteiger partial charge in [-0.2, -0.15) is 9.61 Å². The monoisotopic (exact) mass is 291 g/mol. The van der Waals surface area contributed by atoms with E-state index in [2.05, 4.69) is 10.1 Å². The number of rotatable bonds is 0. The van der Waals surface area contributed by atoms with Gasteiger partial charge in [-0.3, -0.25) is 4.79 Å². The van der Waals surface area contributed by atoms with E-state index in [4.69, 9.17) is 11.6 Å². The summed E-state index contributed by atoms with van der Waals surface area (Å²) in [4.78, 5) is 19.3. The van der Waals surface area contributed by atoms with E-state index >= 15 is 0 Å². The number of thiophene rings is 1. The van der Waals surface area contributed by atoms with E-state index < -0.39 is 0 Å². The van der Waals surface area contributed by atoms with E-state index in [1.54, 1.807) is 23.5 Å². The summed E-state index contributed by atoms with van der Waals surface area (Å²) in [5.41, 5.74) is 1.64. The number of halogens is 1. The van der Waals surface area contributed by atoms with Crippen molar-refractivity contribution in [1.29, 1.82) is 0 Å². The van der Waals surface area contributed by atoms with Gasteiger partial charge >= 0.3 is 0 Å². The Labute approximate surface area is 117 Å². The van der Waals surface area contributed by atoms with Gasteiger partial charge in [0.15, 0.2) is 5.65 Å². The molecule has 0 radical (unpaired) electrons. The Bertz CT molecular complexity index is 868. The van der Waals surface area contributed by atoms with Crippen LogP contribution in [0.15, 0.2) is 16.9 Å². The highest BCUT2D eigenvalue weighted by Gasteiger charge is 2.20. The van der Waals surface area contributed by atoms with Crippen LogP contribution in [0, 0.1) is 0 Å². The smallest absolute Gasteiger partial charge is 0.267 e. The molecule has 3 heterocycles. The van der Waals surface area contributed by atoms with Crippen molar-refractivity contribution < 1.29 is 0 Å². The fourth-order valence-corrected chi connectivity index (χ4v) is 4.09. The van der Waals surface area contributed by atoms with Crippen LogP contribution in [0.1, 0.15) is 23.3 Å². The first-order chi connectivity index (χ1) is 9.24. The molecule has 19 heavy (non-hydrogen) atoms. The van der Waals surface area contributed by atoms with Crippen molar-refractivity contribution in [3.05, 3.63) is 38.1 Å². The fourth-order valence-electron chi connectivity index (χ4n) is 2.69. The zero-order chi connectivity index (χ0) is 13.0. The van der Waals surface area contributed by atoms with Crippen LogP contribution in [0.25, 0.3) is 15.9 Å². The molecule has 0 saturated carbocycles. The zero-order valence-electron chi connectivity index (χ0n) is 10.0. The molecule has 96 valence electrons. The molecule has 0 saturated heterocycles. The van der Waals surface area contributed by atoms with Gasteiger partial charge in [0.1, 0.15) is 9.98 Å². The first kappa shape index (κ1) is 11.4. The molecule has 0 aliphatic heterocycles. The van der Waals surface area contributed by atoms with Gasteiger partial charge < -0.3 is 0 Å². The molecule has 0 atom stereocenters. The van der Waals surface area contributed by atoms with Crippen molar-refractivity contribution in [2.75, 3.05) is 0 Å². The highest BCUT2D eigenvalue weighted by molar-refractivity contribution is 7.18. The van der Waals surface area contributed by atoms with Crippen LogP contribution in [0.5, 0.6) is 0 Å². The molecule has 0 unspecified atom stereocenters. The molecule has 0 aromatic carbocycles. The molecular weight excluding hydrogens is 282 g/mol. The van der Waals surface area contributed by atoms with Crippen molar-refractivity contribution in [2.45, 2.75) is 25.7 Å². The Balaban J connectivity index is 2.20.